The first kappa shape index (κ1) is 21.9. The van der Waals surface area contributed by atoms with Gasteiger partial charge in [-0.3, -0.25) is 0 Å². The van der Waals surface area contributed by atoms with Gasteiger partial charge >= 0.3 is 29.6 Å². The molecule has 1 saturated heterocycles. The van der Waals surface area contributed by atoms with E-state index in [1.807, 2.05) is 18.2 Å². The molecule has 0 saturated carbocycles. The molecule has 1 aromatic carbocycles. The molecule has 0 aromatic heterocycles. The second kappa shape index (κ2) is 10.3. The molecule has 1 unspecified atom stereocenters. The Morgan fingerprint density at radius 3 is 2.25 bits per heavy atom. The standard InChI is InChI=1S/C14H18O3.Na.2H2O/c15-13(16)14(11-17-14)10-6-2-5-9-12-7-3-1-4-8-12;;;/h1,3-4,7-8H,2,5-6,9-11H2,(H,15,16);;2*1H2/q;+1;;/p-1. The van der Waals surface area contributed by atoms with Crippen molar-refractivity contribution in [3.63, 3.8) is 0 Å². The third kappa shape index (κ3) is 6.35. The molecule has 0 spiro atoms. The van der Waals surface area contributed by atoms with E-state index >= 15 is 0 Å². The summed E-state index contributed by atoms with van der Waals surface area (Å²) in [7, 11) is 0. The Labute approximate surface area is 141 Å². The van der Waals surface area contributed by atoms with Gasteiger partial charge in [0.1, 0.15) is 5.60 Å². The Morgan fingerprint density at radius 2 is 1.75 bits per heavy atom. The quantitative estimate of drug-likeness (QED) is 0.297. The van der Waals surface area contributed by atoms with Crippen LogP contribution in [0.2, 0.25) is 0 Å². The van der Waals surface area contributed by atoms with E-state index in [1.165, 1.54) is 5.56 Å². The molecule has 1 aliphatic heterocycles. The van der Waals surface area contributed by atoms with Gasteiger partial charge in [-0.2, -0.15) is 0 Å². The maximum Gasteiger partial charge on any atom is 1.00 e. The van der Waals surface area contributed by atoms with Crippen LogP contribution in [0.1, 0.15) is 31.2 Å². The molecule has 5 nitrogen and oxygen atoms in total. The summed E-state index contributed by atoms with van der Waals surface area (Å²) in [6.45, 7) is 0.327. The molecule has 1 heterocycles. The van der Waals surface area contributed by atoms with E-state index in [1.54, 1.807) is 0 Å². The van der Waals surface area contributed by atoms with Crippen LogP contribution in [0.4, 0.5) is 0 Å². The van der Waals surface area contributed by atoms with Gasteiger partial charge in [0.15, 0.2) is 0 Å². The van der Waals surface area contributed by atoms with E-state index in [0.717, 1.165) is 25.7 Å². The van der Waals surface area contributed by atoms with E-state index in [2.05, 4.69) is 12.1 Å². The van der Waals surface area contributed by atoms with Crippen LogP contribution in [0.25, 0.3) is 0 Å². The number of carbonyl (C=O) groups is 1. The average Bonchev–Trinajstić information content (AvgIpc) is 3.11. The Kier molecular flexibility index (Phi) is 11.3. The van der Waals surface area contributed by atoms with Crippen LogP contribution in [0.15, 0.2) is 30.3 Å². The summed E-state index contributed by atoms with van der Waals surface area (Å²) in [5.41, 5.74) is 0.400. The average molecular weight is 292 g/mol. The van der Waals surface area contributed by atoms with Gasteiger partial charge in [0.2, 0.25) is 0 Å². The summed E-state index contributed by atoms with van der Waals surface area (Å²) in [5, 5.41) is 10.7. The summed E-state index contributed by atoms with van der Waals surface area (Å²) >= 11 is 0. The molecule has 0 aliphatic carbocycles. The normalized spacial score (nSPS) is 19.0. The van der Waals surface area contributed by atoms with E-state index in [-0.39, 0.29) is 40.5 Å². The van der Waals surface area contributed by atoms with E-state index < -0.39 is 11.6 Å². The fourth-order valence-corrected chi connectivity index (χ4v) is 2.01. The van der Waals surface area contributed by atoms with Crippen LogP contribution < -0.4 is 34.7 Å². The SMILES string of the molecule is O.O.O=C([O-])C1(CCCCCc2ccccc2)CO1.[Na+]. The molecular weight excluding hydrogens is 271 g/mol. The topological polar surface area (TPSA) is 116 Å². The molecule has 1 aliphatic rings. The predicted molar refractivity (Wildman–Crippen MR) is 69.5 cm³/mol. The van der Waals surface area contributed by atoms with E-state index in [4.69, 9.17) is 4.74 Å². The number of hydrogen-bond donors (Lipinski definition) is 0. The summed E-state index contributed by atoms with van der Waals surface area (Å²) < 4.78 is 4.96. The zero-order chi connectivity index (χ0) is 12.1. The third-order valence-corrected chi connectivity index (χ3v) is 3.25. The van der Waals surface area contributed by atoms with Crippen molar-refractivity contribution in [2.24, 2.45) is 0 Å². The first-order valence-electron chi connectivity index (χ1n) is 6.12. The smallest absolute Gasteiger partial charge is 0.547 e. The summed E-state index contributed by atoms with van der Waals surface area (Å²) in [4.78, 5) is 10.7. The first-order valence-corrected chi connectivity index (χ1v) is 6.12. The van der Waals surface area contributed by atoms with Crippen molar-refractivity contribution < 1.29 is 55.1 Å². The third-order valence-electron chi connectivity index (χ3n) is 3.25. The molecule has 0 radical (unpaired) electrons. The molecule has 1 aromatic rings. The number of hydrogen-bond acceptors (Lipinski definition) is 3. The van der Waals surface area contributed by atoms with Gasteiger partial charge in [0.25, 0.3) is 0 Å². The van der Waals surface area contributed by atoms with Gasteiger partial charge in [0, 0.05) is 0 Å². The van der Waals surface area contributed by atoms with Crippen LogP contribution in [0.3, 0.4) is 0 Å². The van der Waals surface area contributed by atoms with Crippen molar-refractivity contribution in [2.75, 3.05) is 6.61 Å². The second-order valence-electron chi connectivity index (χ2n) is 4.62. The van der Waals surface area contributed by atoms with Gasteiger partial charge in [-0.1, -0.05) is 43.2 Å². The molecule has 0 amide bonds. The maximum absolute atomic E-state index is 10.7. The maximum atomic E-state index is 10.7. The summed E-state index contributed by atoms with van der Waals surface area (Å²) in [5.74, 6) is -1.06. The minimum Gasteiger partial charge on any atom is -0.547 e. The van der Waals surface area contributed by atoms with Crippen LogP contribution in [-0.4, -0.2) is 29.1 Å². The van der Waals surface area contributed by atoms with Gasteiger partial charge < -0.3 is 25.6 Å². The predicted octanol–water partition coefficient (Wildman–Crippen LogP) is -3.34. The van der Waals surface area contributed by atoms with Gasteiger partial charge in [-0.25, -0.2) is 0 Å². The van der Waals surface area contributed by atoms with Crippen molar-refractivity contribution in [1.29, 1.82) is 0 Å². The summed E-state index contributed by atoms with van der Waals surface area (Å²) in [6.07, 6.45) is 4.66. The van der Waals surface area contributed by atoms with E-state index in [0.29, 0.717) is 13.0 Å². The van der Waals surface area contributed by atoms with Crippen LogP contribution >= 0.6 is 0 Å². The number of carbonyl (C=O) groups excluding carboxylic acids is 1. The van der Waals surface area contributed by atoms with Gasteiger partial charge in [0.05, 0.1) is 12.6 Å². The van der Waals surface area contributed by atoms with Crippen LogP contribution in [0, 0.1) is 0 Å². The van der Waals surface area contributed by atoms with Gasteiger partial charge in [-0.15, -0.1) is 0 Å². The first-order chi connectivity index (χ1) is 8.23. The Hall–Kier alpha value is -0.430. The fraction of sp³-hybridized carbons (Fsp3) is 0.500. The van der Waals surface area contributed by atoms with Crippen molar-refractivity contribution in [3.05, 3.63) is 35.9 Å². The molecule has 6 heteroatoms. The number of aryl methyl sites for hydroxylation is 1. The van der Waals surface area contributed by atoms with Crippen LogP contribution in [-0.2, 0) is 16.0 Å². The minimum atomic E-state index is -1.06. The van der Waals surface area contributed by atoms with Crippen molar-refractivity contribution in [1.82, 2.24) is 0 Å². The number of aliphatic carboxylic acids is 1. The Balaban J connectivity index is 0. The Morgan fingerprint density at radius 1 is 1.15 bits per heavy atom. The number of carboxylic acid groups (broad SMARTS) is 1. The molecule has 1 fully saturated rings. The van der Waals surface area contributed by atoms with Crippen molar-refractivity contribution >= 4 is 5.97 Å². The fourth-order valence-electron chi connectivity index (χ4n) is 2.01. The number of unbranched alkanes of at least 4 members (excludes halogenated alkanes) is 2. The second-order valence-corrected chi connectivity index (χ2v) is 4.62. The number of rotatable bonds is 7. The molecule has 20 heavy (non-hydrogen) atoms. The van der Waals surface area contributed by atoms with E-state index in [9.17, 15) is 9.90 Å². The number of ether oxygens (including phenoxy) is 1. The minimum absolute atomic E-state index is 0. The zero-order valence-electron chi connectivity index (χ0n) is 11.9. The molecule has 108 valence electrons. The monoisotopic (exact) mass is 292 g/mol. The molecule has 4 N–H and O–H groups in total. The number of epoxide rings is 1. The van der Waals surface area contributed by atoms with Gasteiger partial charge in [-0.05, 0) is 24.8 Å². The molecule has 2 rings (SSSR count). The molecule has 0 bridgehead atoms. The molecular formula is C14H21NaO5. The van der Waals surface area contributed by atoms with Crippen LogP contribution in [0.5, 0.6) is 0 Å². The Bertz CT molecular complexity index is 378. The van der Waals surface area contributed by atoms with Crippen molar-refractivity contribution in [2.45, 2.75) is 37.7 Å². The number of carboxylic acids is 1. The largest absolute Gasteiger partial charge is 1.00 e. The number of benzene rings is 1. The molecule has 1 atom stereocenters. The zero-order valence-corrected chi connectivity index (χ0v) is 13.9. The van der Waals surface area contributed by atoms with Crippen molar-refractivity contribution in [3.8, 4) is 0 Å². The summed E-state index contributed by atoms with van der Waals surface area (Å²) in [6, 6.07) is 10.3.